The van der Waals surface area contributed by atoms with Crippen molar-refractivity contribution in [2.75, 3.05) is 5.75 Å². The molecule has 8 heteroatoms. The number of β-lactam (4-membered cyclic amide) rings is 1. The second kappa shape index (κ2) is 6.92. The molecule has 1 aromatic rings. The van der Waals surface area contributed by atoms with Crippen LogP contribution < -0.4 is 5.32 Å². The van der Waals surface area contributed by atoms with E-state index in [0.29, 0.717) is 19.3 Å². The first-order chi connectivity index (χ1) is 11.1. The highest BCUT2D eigenvalue weighted by Crippen LogP contribution is 2.40. The molecule has 2 aliphatic heterocycles. The van der Waals surface area contributed by atoms with E-state index in [-0.39, 0.29) is 29.7 Å². The van der Waals surface area contributed by atoms with Gasteiger partial charge in [-0.1, -0.05) is 6.07 Å². The fourth-order valence-corrected chi connectivity index (χ4v) is 5.22. The summed E-state index contributed by atoms with van der Waals surface area (Å²) in [6, 6.07) is 3.44. The number of rotatable bonds is 7. The predicted molar refractivity (Wildman–Crippen MR) is 88.3 cm³/mol. The van der Waals surface area contributed by atoms with Crippen LogP contribution in [0.2, 0.25) is 0 Å². The van der Waals surface area contributed by atoms with Crippen LogP contribution in [0.5, 0.6) is 0 Å². The molecule has 6 nitrogen and oxygen atoms in total. The van der Waals surface area contributed by atoms with Gasteiger partial charge < -0.3 is 15.3 Å². The number of carboxylic acids is 1. The summed E-state index contributed by atoms with van der Waals surface area (Å²) in [4.78, 5) is 37.7. The Morgan fingerprint density at radius 1 is 1.43 bits per heavy atom. The molecular formula is C15H18N2O4S2. The molecule has 0 spiro atoms. The molecule has 1 unspecified atom stereocenters. The van der Waals surface area contributed by atoms with E-state index in [2.05, 4.69) is 5.32 Å². The van der Waals surface area contributed by atoms with Crippen molar-refractivity contribution in [3.63, 3.8) is 0 Å². The lowest BCUT2D eigenvalue weighted by Crippen LogP contribution is -2.70. The van der Waals surface area contributed by atoms with E-state index in [1.165, 1.54) is 11.3 Å². The second-order valence-electron chi connectivity index (χ2n) is 5.69. The number of thioether (sulfide) groups is 1. The van der Waals surface area contributed by atoms with Gasteiger partial charge in [0.15, 0.2) is 0 Å². The fraction of sp³-hybridized carbons (Fsp3) is 0.533. The zero-order valence-electron chi connectivity index (χ0n) is 12.4. The average Bonchev–Trinajstić information content (AvgIpc) is 3.12. The van der Waals surface area contributed by atoms with Crippen LogP contribution in [0, 0.1) is 0 Å². The number of amides is 2. The van der Waals surface area contributed by atoms with E-state index in [9.17, 15) is 14.4 Å². The molecule has 2 N–H and O–H groups in total. The Kier molecular flexibility index (Phi) is 4.91. The monoisotopic (exact) mass is 354 g/mol. The molecule has 2 aliphatic rings. The molecule has 0 radical (unpaired) electrons. The van der Waals surface area contributed by atoms with Gasteiger partial charge in [0.2, 0.25) is 11.8 Å². The van der Waals surface area contributed by atoms with Crippen LogP contribution in [0.25, 0.3) is 0 Å². The highest BCUT2D eigenvalue weighted by atomic mass is 32.2. The van der Waals surface area contributed by atoms with Crippen LogP contribution in [0.1, 0.15) is 24.1 Å². The third-order valence-corrected chi connectivity index (χ3v) is 6.36. The lowest BCUT2D eigenvalue weighted by atomic mass is 9.96. The zero-order valence-corrected chi connectivity index (χ0v) is 14.1. The van der Waals surface area contributed by atoms with Gasteiger partial charge in [-0.15, -0.1) is 23.1 Å². The molecule has 0 aliphatic carbocycles. The van der Waals surface area contributed by atoms with Gasteiger partial charge >= 0.3 is 5.97 Å². The smallest absolute Gasteiger partial charge is 0.303 e. The molecule has 2 fully saturated rings. The quantitative estimate of drug-likeness (QED) is 0.721. The number of carbonyl (C=O) groups excluding carboxylic acids is 2. The number of fused-ring (bicyclic) bond motifs is 1. The molecule has 23 heavy (non-hydrogen) atoms. The minimum Gasteiger partial charge on any atom is -0.481 e. The number of aliphatic carboxylic acids is 1. The number of nitrogens with one attached hydrogen (secondary N) is 1. The van der Waals surface area contributed by atoms with E-state index in [0.717, 1.165) is 10.6 Å². The van der Waals surface area contributed by atoms with Crippen molar-refractivity contribution in [3.8, 4) is 0 Å². The Balaban J connectivity index is 1.48. The summed E-state index contributed by atoms with van der Waals surface area (Å²) in [5.41, 5.74) is 0. The highest BCUT2D eigenvalue weighted by Gasteiger charge is 2.54. The standard InChI is InChI=1S/C15H18N2O4S2/c18-11(7-9-3-2-6-22-9)16-14-10-8-23-12(17(10)15(14)21)4-1-5-13(19)20/h2-3,6,10,12,14H,1,4-5,7-8H2,(H,16,18)(H,19,20)/t10-,12?,14+/m1/s1. The third-order valence-electron chi connectivity index (χ3n) is 4.11. The molecule has 2 saturated heterocycles. The second-order valence-corrected chi connectivity index (χ2v) is 7.93. The van der Waals surface area contributed by atoms with Gasteiger partial charge in [0.25, 0.3) is 0 Å². The van der Waals surface area contributed by atoms with Gasteiger partial charge in [-0.3, -0.25) is 14.4 Å². The molecule has 1 aromatic heterocycles. The van der Waals surface area contributed by atoms with E-state index in [1.807, 2.05) is 22.4 Å². The van der Waals surface area contributed by atoms with Gasteiger partial charge in [-0.05, 0) is 24.3 Å². The topological polar surface area (TPSA) is 86.7 Å². The van der Waals surface area contributed by atoms with Crippen LogP contribution >= 0.6 is 23.1 Å². The summed E-state index contributed by atoms with van der Waals surface area (Å²) >= 11 is 3.20. The van der Waals surface area contributed by atoms with Crippen LogP contribution in [-0.2, 0) is 20.8 Å². The van der Waals surface area contributed by atoms with E-state index in [4.69, 9.17) is 5.11 Å². The molecule has 0 aromatic carbocycles. The maximum absolute atomic E-state index is 12.3. The molecule has 2 amide bonds. The number of carboxylic acid groups (broad SMARTS) is 1. The summed E-state index contributed by atoms with van der Waals surface area (Å²) in [6.45, 7) is 0. The number of carbonyl (C=O) groups is 3. The minimum absolute atomic E-state index is 0.0418. The Morgan fingerprint density at radius 3 is 2.96 bits per heavy atom. The van der Waals surface area contributed by atoms with Crippen molar-refractivity contribution in [1.82, 2.24) is 10.2 Å². The Labute approximate surface area is 142 Å². The lowest BCUT2D eigenvalue weighted by molar-refractivity contribution is -0.152. The molecular weight excluding hydrogens is 336 g/mol. The van der Waals surface area contributed by atoms with Gasteiger partial charge in [-0.2, -0.15) is 0 Å². The number of hydrogen-bond acceptors (Lipinski definition) is 5. The van der Waals surface area contributed by atoms with Crippen LogP contribution in [0.3, 0.4) is 0 Å². The first kappa shape index (κ1) is 16.3. The Morgan fingerprint density at radius 2 is 2.26 bits per heavy atom. The Bertz CT molecular complexity index is 605. The number of thiophene rings is 1. The first-order valence-electron chi connectivity index (χ1n) is 7.53. The first-order valence-corrected chi connectivity index (χ1v) is 9.46. The summed E-state index contributed by atoms with van der Waals surface area (Å²) in [6.07, 6.45) is 1.70. The fourth-order valence-electron chi connectivity index (χ4n) is 2.99. The van der Waals surface area contributed by atoms with E-state index in [1.54, 1.807) is 11.8 Å². The lowest BCUT2D eigenvalue weighted by Gasteiger charge is -2.44. The molecule has 0 saturated carbocycles. The van der Waals surface area contributed by atoms with Crippen molar-refractivity contribution in [1.29, 1.82) is 0 Å². The summed E-state index contributed by atoms with van der Waals surface area (Å²) in [5.74, 6) is -0.171. The number of hydrogen-bond donors (Lipinski definition) is 2. The maximum atomic E-state index is 12.3. The summed E-state index contributed by atoms with van der Waals surface area (Å²) in [5, 5.41) is 13.5. The van der Waals surface area contributed by atoms with Crippen molar-refractivity contribution in [2.45, 2.75) is 43.1 Å². The Hall–Kier alpha value is -1.54. The zero-order chi connectivity index (χ0) is 16.4. The maximum Gasteiger partial charge on any atom is 0.303 e. The van der Waals surface area contributed by atoms with Gasteiger partial charge in [-0.25, -0.2) is 0 Å². The van der Waals surface area contributed by atoms with Crippen molar-refractivity contribution < 1.29 is 19.5 Å². The van der Waals surface area contributed by atoms with E-state index >= 15 is 0 Å². The molecule has 124 valence electrons. The molecule has 3 rings (SSSR count). The van der Waals surface area contributed by atoms with Crippen molar-refractivity contribution >= 4 is 40.9 Å². The van der Waals surface area contributed by atoms with Gasteiger partial charge in [0, 0.05) is 17.1 Å². The molecule has 3 atom stereocenters. The summed E-state index contributed by atoms with van der Waals surface area (Å²) in [7, 11) is 0. The van der Waals surface area contributed by atoms with Crippen molar-refractivity contribution in [2.24, 2.45) is 0 Å². The predicted octanol–water partition coefficient (Wildman–Crippen LogP) is 1.31. The summed E-state index contributed by atoms with van der Waals surface area (Å²) < 4.78 is 0. The van der Waals surface area contributed by atoms with Crippen LogP contribution in [0.15, 0.2) is 17.5 Å². The molecule has 3 heterocycles. The largest absolute Gasteiger partial charge is 0.481 e. The van der Waals surface area contributed by atoms with Crippen LogP contribution in [-0.4, -0.2) is 51.0 Å². The normalized spacial score (nSPS) is 25.8. The van der Waals surface area contributed by atoms with E-state index < -0.39 is 12.0 Å². The minimum atomic E-state index is -0.807. The van der Waals surface area contributed by atoms with Gasteiger partial charge in [0.1, 0.15) is 6.04 Å². The van der Waals surface area contributed by atoms with Crippen LogP contribution in [0.4, 0.5) is 0 Å². The highest BCUT2D eigenvalue weighted by molar-refractivity contribution is 8.00. The molecule has 0 bridgehead atoms. The van der Waals surface area contributed by atoms with Crippen molar-refractivity contribution in [3.05, 3.63) is 22.4 Å². The SMILES string of the molecule is O=C(O)CCCC1SC[C@@H]2[C@H](NC(=O)Cc3cccs3)C(=O)N12. The third kappa shape index (κ3) is 3.53. The number of nitrogens with zero attached hydrogens (tertiary/aromatic N) is 1. The van der Waals surface area contributed by atoms with Gasteiger partial charge in [0.05, 0.1) is 17.8 Å². The average molecular weight is 354 g/mol.